The number of hydrogen-bond donors (Lipinski definition) is 0. The highest BCUT2D eigenvalue weighted by molar-refractivity contribution is 5.70. The van der Waals surface area contributed by atoms with Gasteiger partial charge in [-0.3, -0.25) is 9.59 Å². The van der Waals surface area contributed by atoms with Gasteiger partial charge in [-0.25, -0.2) is 0 Å². The van der Waals surface area contributed by atoms with Crippen molar-refractivity contribution in [2.75, 3.05) is 47.5 Å². The molecule has 59 heavy (non-hydrogen) atoms. The SMILES string of the molecule is CCCCCCCCC/C=C\CCCCCCCC(=O)OC(COC(=O)CCCCCCCCCCCCCCCCCCCC)COC(OCC[N+](C)(C)C)C(=O)[O-]. The van der Waals surface area contributed by atoms with Gasteiger partial charge >= 0.3 is 11.9 Å². The molecule has 0 saturated carbocycles. The topological polar surface area (TPSA) is 111 Å². The Hall–Kier alpha value is -1.97. The number of rotatable bonds is 46. The number of quaternary nitrogens is 1. The van der Waals surface area contributed by atoms with Crippen molar-refractivity contribution < 1.29 is 42.9 Å². The third-order valence-corrected chi connectivity index (χ3v) is 11.0. The average molecular weight is 838 g/mol. The van der Waals surface area contributed by atoms with Crippen molar-refractivity contribution in [2.45, 2.75) is 245 Å². The van der Waals surface area contributed by atoms with Gasteiger partial charge in [0, 0.05) is 12.8 Å². The smallest absolute Gasteiger partial charge is 0.306 e. The predicted molar refractivity (Wildman–Crippen MR) is 242 cm³/mol. The second-order valence-electron chi connectivity index (χ2n) is 18.1. The van der Waals surface area contributed by atoms with Gasteiger partial charge < -0.3 is 33.3 Å². The predicted octanol–water partition coefficient (Wildman–Crippen LogP) is 12.1. The van der Waals surface area contributed by atoms with Crippen LogP contribution >= 0.6 is 0 Å². The summed E-state index contributed by atoms with van der Waals surface area (Å²) in [4.78, 5) is 37.1. The quantitative estimate of drug-likeness (QED) is 0.0196. The molecule has 2 atom stereocenters. The van der Waals surface area contributed by atoms with E-state index in [0.29, 0.717) is 23.9 Å². The van der Waals surface area contributed by atoms with Crippen LogP contribution in [0.25, 0.3) is 0 Å². The summed E-state index contributed by atoms with van der Waals surface area (Å²) >= 11 is 0. The van der Waals surface area contributed by atoms with Gasteiger partial charge in [0.2, 0.25) is 0 Å². The molecule has 0 aliphatic carbocycles. The Bertz CT molecular complexity index is 980. The maximum atomic E-state index is 12.8. The Morgan fingerprint density at radius 1 is 0.492 bits per heavy atom. The summed E-state index contributed by atoms with van der Waals surface area (Å²) in [6.45, 7) is 4.76. The molecule has 0 aliphatic rings. The lowest BCUT2D eigenvalue weighted by Crippen LogP contribution is -2.44. The second-order valence-corrected chi connectivity index (χ2v) is 18.1. The van der Waals surface area contributed by atoms with Gasteiger partial charge in [0.15, 0.2) is 12.4 Å². The van der Waals surface area contributed by atoms with Crippen LogP contribution in [0.3, 0.4) is 0 Å². The summed E-state index contributed by atoms with van der Waals surface area (Å²) in [7, 11) is 5.92. The first kappa shape index (κ1) is 57.0. The van der Waals surface area contributed by atoms with E-state index in [1.807, 2.05) is 21.1 Å². The van der Waals surface area contributed by atoms with E-state index in [4.69, 9.17) is 18.9 Å². The first-order valence-electron chi connectivity index (χ1n) is 24.8. The number of nitrogens with zero attached hydrogens (tertiary/aromatic N) is 1. The number of esters is 2. The zero-order valence-corrected chi connectivity index (χ0v) is 39.4. The fourth-order valence-corrected chi connectivity index (χ4v) is 7.12. The van der Waals surface area contributed by atoms with Crippen molar-refractivity contribution >= 4 is 17.9 Å². The third kappa shape index (κ3) is 43.9. The van der Waals surface area contributed by atoms with E-state index in [0.717, 1.165) is 51.4 Å². The molecule has 348 valence electrons. The molecular formula is C50H95NO8. The Kier molecular flexibility index (Phi) is 41.3. The number of aliphatic carboxylic acids is 1. The Morgan fingerprint density at radius 3 is 1.25 bits per heavy atom. The molecule has 0 aliphatic heterocycles. The lowest BCUT2D eigenvalue weighted by molar-refractivity contribution is -0.870. The highest BCUT2D eigenvalue weighted by Gasteiger charge is 2.22. The van der Waals surface area contributed by atoms with Gasteiger partial charge in [0.25, 0.3) is 0 Å². The summed E-state index contributed by atoms with van der Waals surface area (Å²) in [6, 6.07) is 0. The molecule has 0 fully saturated rings. The van der Waals surface area contributed by atoms with Crippen LogP contribution in [-0.2, 0) is 33.3 Å². The number of unbranched alkanes of at least 4 members (excludes halogenated alkanes) is 29. The lowest BCUT2D eigenvalue weighted by Gasteiger charge is -2.26. The maximum Gasteiger partial charge on any atom is 0.306 e. The standard InChI is InChI=1S/C50H95NO8/c1-6-8-10-12-14-16-18-20-22-24-25-27-28-30-32-34-36-38-40-47(52)57-44-46(45-58-50(49(54)55)56-43-42-51(3,4)5)59-48(53)41-39-37-35-33-31-29-26-23-21-19-17-15-13-11-9-7-2/h23,26,46,50H,6-22,24-25,27-45H2,1-5H3/b26-23-. The molecule has 0 rings (SSSR count). The number of ether oxygens (including phenoxy) is 4. The molecule has 9 heteroatoms. The summed E-state index contributed by atoms with van der Waals surface area (Å²) < 4.78 is 22.6. The van der Waals surface area contributed by atoms with Crippen LogP contribution < -0.4 is 5.11 Å². The summed E-state index contributed by atoms with van der Waals surface area (Å²) in [5.41, 5.74) is 0. The molecule has 9 nitrogen and oxygen atoms in total. The van der Waals surface area contributed by atoms with Crippen molar-refractivity contribution in [3.63, 3.8) is 0 Å². The monoisotopic (exact) mass is 838 g/mol. The van der Waals surface area contributed by atoms with E-state index in [9.17, 15) is 19.5 Å². The highest BCUT2D eigenvalue weighted by atomic mass is 16.7. The minimum Gasteiger partial charge on any atom is -0.545 e. The Labute approximate surface area is 364 Å². The van der Waals surface area contributed by atoms with Crippen molar-refractivity contribution in [1.29, 1.82) is 0 Å². The number of carboxylic acids is 1. The van der Waals surface area contributed by atoms with Crippen molar-refractivity contribution in [2.24, 2.45) is 0 Å². The van der Waals surface area contributed by atoms with E-state index < -0.39 is 24.3 Å². The van der Waals surface area contributed by atoms with Gasteiger partial charge in [-0.1, -0.05) is 193 Å². The molecule has 0 spiro atoms. The first-order chi connectivity index (χ1) is 28.6. The van der Waals surface area contributed by atoms with E-state index in [-0.39, 0.29) is 32.2 Å². The van der Waals surface area contributed by atoms with E-state index in [1.165, 1.54) is 148 Å². The van der Waals surface area contributed by atoms with Crippen LogP contribution in [0.2, 0.25) is 0 Å². The minimum absolute atomic E-state index is 0.149. The van der Waals surface area contributed by atoms with Crippen LogP contribution in [0.4, 0.5) is 0 Å². The molecule has 0 N–H and O–H groups in total. The minimum atomic E-state index is -1.62. The van der Waals surface area contributed by atoms with Crippen LogP contribution in [0.1, 0.15) is 232 Å². The Balaban J connectivity index is 4.34. The van der Waals surface area contributed by atoms with Gasteiger partial charge in [0.05, 0.1) is 40.3 Å². The molecule has 0 bridgehead atoms. The normalized spacial score (nSPS) is 12.9. The van der Waals surface area contributed by atoms with Crippen molar-refractivity contribution in [1.82, 2.24) is 0 Å². The first-order valence-corrected chi connectivity index (χ1v) is 24.8. The summed E-state index contributed by atoms with van der Waals surface area (Å²) in [5, 5.41) is 11.7. The number of carboxylic acid groups (broad SMARTS) is 1. The number of allylic oxidation sites excluding steroid dienone is 2. The second kappa shape index (κ2) is 42.7. The van der Waals surface area contributed by atoms with Crippen LogP contribution in [-0.4, -0.2) is 82.3 Å². The highest BCUT2D eigenvalue weighted by Crippen LogP contribution is 2.16. The fraction of sp³-hybridized carbons (Fsp3) is 0.900. The maximum absolute atomic E-state index is 12.8. The number of carbonyl (C=O) groups excluding carboxylic acids is 3. The third-order valence-electron chi connectivity index (χ3n) is 11.0. The van der Waals surface area contributed by atoms with E-state index >= 15 is 0 Å². The van der Waals surface area contributed by atoms with Gasteiger partial charge in [-0.15, -0.1) is 0 Å². The van der Waals surface area contributed by atoms with Crippen molar-refractivity contribution in [3.05, 3.63) is 12.2 Å². The van der Waals surface area contributed by atoms with Crippen LogP contribution in [0.5, 0.6) is 0 Å². The molecule has 0 radical (unpaired) electrons. The summed E-state index contributed by atoms with van der Waals surface area (Å²) in [5.74, 6) is -2.28. The number of hydrogen-bond acceptors (Lipinski definition) is 8. The van der Waals surface area contributed by atoms with Crippen molar-refractivity contribution in [3.8, 4) is 0 Å². The average Bonchev–Trinajstić information content (AvgIpc) is 3.19. The largest absolute Gasteiger partial charge is 0.545 e. The van der Waals surface area contributed by atoms with Gasteiger partial charge in [-0.2, -0.15) is 0 Å². The zero-order valence-electron chi connectivity index (χ0n) is 39.4. The molecule has 0 aromatic rings. The summed E-state index contributed by atoms with van der Waals surface area (Å²) in [6.07, 6.45) is 42.4. The van der Waals surface area contributed by atoms with Crippen LogP contribution in [0.15, 0.2) is 12.2 Å². The zero-order chi connectivity index (χ0) is 43.5. The fourth-order valence-electron chi connectivity index (χ4n) is 7.12. The van der Waals surface area contributed by atoms with E-state index in [2.05, 4.69) is 26.0 Å². The molecule has 0 aromatic carbocycles. The number of carbonyl (C=O) groups is 3. The number of likely N-dealkylation sites (N-methyl/N-ethyl adjacent to an activating group) is 1. The molecule has 2 unspecified atom stereocenters. The van der Waals surface area contributed by atoms with Crippen LogP contribution in [0, 0.1) is 0 Å². The van der Waals surface area contributed by atoms with Gasteiger partial charge in [0.1, 0.15) is 13.2 Å². The molecular weight excluding hydrogens is 743 g/mol. The van der Waals surface area contributed by atoms with Gasteiger partial charge in [-0.05, 0) is 38.5 Å². The molecule has 0 saturated heterocycles. The molecule has 0 heterocycles. The molecule has 0 amide bonds. The Morgan fingerprint density at radius 2 is 0.864 bits per heavy atom. The molecule has 0 aromatic heterocycles. The lowest BCUT2D eigenvalue weighted by atomic mass is 10.0. The van der Waals surface area contributed by atoms with E-state index in [1.54, 1.807) is 0 Å².